The van der Waals surface area contributed by atoms with Crippen molar-refractivity contribution < 1.29 is 8.42 Å². The number of sulfone groups is 1. The minimum absolute atomic E-state index is 0.285. The van der Waals surface area contributed by atoms with Crippen LogP contribution in [0.4, 0.5) is 0 Å². The molecule has 0 radical (unpaired) electrons. The molecule has 0 saturated carbocycles. The molecule has 1 N–H and O–H groups in total. The van der Waals surface area contributed by atoms with E-state index in [0.717, 1.165) is 32.6 Å². The Labute approximate surface area is 106 Å². The minimum Gasteiger partial charge on any atom is -0.316 e. The maximum Gasteiger partial charge on any atom is 0.148 e. The topological polar surface area (TPSA) is 49.4 Å². The van der Waals surface area contributed by atoms with Gasteiger partial charge in [-0.2, -0.15) is 0 Å². The number of nitrogens with one attached hydrogen (secondary N) is 1. The molecule has 5 heteroatoms. The first kappa shape index (κ1) is 14.9. The van der Waals surface area contributed by atoms with E-state index in [4.69, 9.17) is 0 Å². The van der Waals surface area contributed by atoms with Crippen LogP contribution < -0.4 is 5.32 Å². The van der Waals surface area contributed by atoms with Gasteiger partial charge in [0, 0.05) is 19.3 Å². The molecular formula is C12H26N2O2S. The van der Waals surface area contributed by atoms with E-state index in [1.54, 1.807) is 0 Å². The zero-order valence-electron chi connectivity index (χ0n) is 11.1. The summed E-state index contributed by atoms with van der Waals surface area (Å²) in [7, 11) is -2.84. The Bertz CT molecular complexity index is 298. The highest BCUT2D eigenvalue weighted by Crippen LogP contribution is 2.12. The van der Waals surface area contributed by atoms with Gasteiger partial charge in [0.25, 0.3) is 0 Å². The Morgan fingerprint density at radius 1 is 1.35 bits per heavy atom. The fourth-order valence-electron chi connectivity index (χ4n) is 2.35. The van der Waals surface area contributed by atoms with Gasteiger partial charge < -0.3 is 10.2 Å². The van der Waals surface area contributed by atoms with Crippen LogP contribution in [-0.4, -0.2) is 58.1 Å². The zero-order chi connectivity index (χ0) is 12.7. The monoisotopic (exact) mass is 262 g/mol. The third kappa shape index (κ3) is 7.01. The summed E-state index contributed by atoms with van der Waals surface area (Å²) >= 11 is 0. The molecule has 0 bridgehead atoms. The first-order chi connectivity index (χ1) is 8.01. The largest absolute Gasteiger partial charge is 0.316 e. The average Bonchev–Trinajstić information content (AvgIpc) is 2.27. The Hall–Kier alpha value is -0.130. The van der Waals surface area contributed by atoms with E-state index in [-0.39, 0.29) is 5.75 Å². The van der Waals surface area contributed by atoms with Gasteiger partial charge in [0.1, 0.15) is 9.84 Å². The Morgan fingerprint density at radius 3 is 2.65 bits per heavy atom. The predicted molar refractivity (Wildman–Crippen MR) is 72.0 cm³/mol. The molecule has 0 aromatic heterocycles. The van der Waals surface area contributed by atoms with E-state index in [9.17, 15) is 8.42 Å². The molecule has 1 fully saturated rings. The number of nitrogens with zero attached hydrogens (tertiary/aromatic N) is 1. The van der Waals surface area contributed by atoms with Crippen LogP contribution in [0, 0.1) is 5.92 Å². The van der Waals surface area contributed by atoms with Crippen molar-refractivity contribution in [1.82, 2.24) is 10.2 Å². The highest BCUT2D eigenvalue weighted by atomic mass is 32.2. The SMILES string of the molecule is CCCN(CCS(C)(=O)=O)CC1CCCNC1. The van der Waals surface area contributed by atoms with E-state index in [1.807, 2.05) is 0 Å². The lowest BCUT2D eigenvalue weighted by molar-refractivity contribution is 0.217. The lowest BCUT2D eigenvalue weighted by atomic mass is 9.99. The molecule has 1 saturated heterocycles. The van der Waals surface area contributed by atoms with Crippen LogP contribution in [0.25, 0.3) is 0 Å². The van der Waals surface area contributed by atoms with Gasteiger partial charge in [0.15, 0.2) is 0 Å². The van der Waals surface area contributed by atoms with Gasteiger partial charge in [-0.05, 0) is 44.8 Å². The standard InChI is InChI=1S/C12H26N2O2S/c1-3-7-14(8-9-17(2,15)16)11-12-5-4-6-13-10-12/h12-13H,3-11H2,1-2H3. The van der Waals surface area contributed by atoms with Crippen LogP contribution in [0.2, 0.25) is 0 Å². The molecule has 1 unspecified atom stereocenters. The van der Waals surface area contributed by atoms with Gasteiger partial charge in [0.05, 0.1) is 5.75 Å². The molecule has 102 valence electrons. The number of hydrogen-bond acceptors (Lipinski definition) is 4. The second-order valence-corrected chi connectivity index (χ2v) is 7.40. The minimum atomic E-state index is -2.84. The van der Waals surface area contributed by atoms with Crippen LogP contribution in [0.1, 0.15) is 26.2 Å². The van der Waals surface area contributed by atoms with E-state index in [0.29, 0.717) is 12.5 Å². The van der Waals surface area contributed by atoms with Crippen molar-refractivity contribution in [2.45, 2.75) is 26.2 Å². The third-order valence-electron chi connectivity index (χ3n) is 3.23. The number of rotatable bonds is 7. The second kappa shape index (κ2) is 7.34. The molecule has 1 heterocycles. The highest BCUT2D eigenvalue weighted by molar-refractivity contribution is 7.90. The Morgan fingerprint density at radius 2 is 2.12 bits per heavy atom. The third-order valence-corrected chi connectivity index (χ3v) is 4.16. The number of hydrogen-bond donors (Lipinski definition) is 1. The van der Waals surface area contributed by atoms with Crippen molar-refractivity contribution in [3.63, 3.8) is 0 Å². The molecule has 0 amide bonds. The molecule has 0 aliphatic carbocycles. The van der Waals surface area contributed by atoms with Gasteiger partial charge >= 0.3 is 0 Å². The summed E-state index contributed by atoms with van der Waals surface area (Å²) in [4.78, 5) is 2.30. The van der Waals surface area contributed by atoms with Crippen molar-refractivity contribution in [2.24, 2.45) is 5.92 Å². The fraction of sp³-hybridized carbons (Fsp3) is 1.00. The molecule has 1 aliphatic rings. The first-order valence-corrected chi connectivity index (χ1v) is 8.68. The lowest BCUT2D eigenvalue weighted by Crippen LogP contribution is -2.40. The van der Waals surface area contributed by atoms with Crippen LogP contribution in [0.5, 0.6) is 0 Å². The maximum absolute atomic E-state index is 11.2. The normalized spacial score (nSPS) is 21.9. The predicted octanol–water partition coefficient (Wildman–Crippen LogP) is 0.743. The molecule has 17 heavy (non-hydrogen) atoms. The van der Waals surface area contributed by atoms with Gasteiger partial charge in [0.2, 0.25) is 0 Å². The van der Waals surface area contributed by atoms with E-state index >= 15 is 0 Å². The highest BCUT2D eigenvalue weighted by Gasteiger charge is 2.17. The molecule has 0 aromatic carbocycles. The number of piperidine rings is 1. The van der Waals surface area contributed by atoms with Crippen LogP contribution in [0.3, 0.4) is 0 Å². The van der Waals surface area contributed by atoms with Gasteiger partial charge in [-0.25, -0.2) is 8.42 Å². The summed E-state index contributed by atoms with van der Waals surface area (Å²) in [5.41, 5.74) is 0. The summed E-state index contributed by atoms with van der Waals surface area (Å²) in [6, 6.07) is 0. The molecule has 1 atom stereocenters. The Balaban J connectivity index is 2.36. The fourth-order valence-corrected chi connectivity index (χ4v) is 2.94. The van der Waals surface area contributed by atoms with Crippen molar-refractivity contribution in [3.8, 4) is 0 Å². The van der Waals surface area contributed by atoms with Crippen molar-refractivity contribution in [1.29, 1.82) is 0 Å². The molecule has 0 spiro atoms. The van der Waals surface area contributed by atoms with E-state index in [1.165, 1.54) is 19.1 Å². The van der Waals surface area contributed by atoms with E-state index in [2.05, 4.69) is 17.1 Å². The quantitative estimate of drug-likeness (QED) is 0.735. The van der Waals surface area contributed by atoms with Gasteiger partial charge in [-0.3, -0.25) is 0 Å². The van der Waals surface area contributed by atoms with Crippen LogP contribution in [0.15, 0.2) is 0 Å². The molecule has 1 rings (SSSR count). The van der Waals surface area contributed by atoms with Crippen molar-refractivity contribution in [2.75, 3.05) is 44.7 Å². The summed E-state index contributed by atoms with van der Waals surface area (Å²) < 4.78 is 22.4. The van der Waals surface area contributed by atoms with Crippen LogP contribution >= 0.6 is 0 Å². The molecule has 0 aromatic rings. The zero-order valence-corrected chi connectivity index (χ0v) is 11.9. The molecule has 4 nitrogen and oxygen atoms in total. The van der Waals surface area contributed by atoms with Crippen LogP contribution in [-0.2, 0) is 9.84 Å². The molecule has 1 aliphatic heterocycles. The lowest BCUT2D eigenvalue weighted by Gasteiger charge is -2.29. The van der Waals surface area contributed by atoms with Crippen molar-refractivity contribution >= 4 is 9.84 Å². The van der Waals surface area contributed by atoms with Crippen molar-refractivity contribution in [3.05, 3.63) is 0 Å². The van der Waals surface area contributed by atoms with Gasteiger partial charge in [-0.1, -0.05) is 6.92 Å². The summed E-state index contributed by atoms with van der Waals surface area (Å²) in [6.45, 7) is 7.09. The average molecular weight is 262 g/mol. The first-order valence-electron chi connectivity index (χ1n) is 6.62. The second-order valence-electron chi connectivity index (χ2n) is 5.14. The smallest absolute Gasteiger partial charge is 0.148 e. The van der Waals surface area contributed by atoms with E-state index < -0.39 is 9.84 Å². The summed E-state index contributed by atoms with van der Waals surface area (Å²) in [5, 5.41) is 3.41. The maximum atomic E-state index is 11.2. The molecular weight excluding hydrogens is 236 g/mol. The summed E-state index contributed by atoms with van der Waals surface area (Å²) in [6.07, 6.45) is 4.92. The summed E-state index contributed by atoms with van der Waals surface area (Å²) in [5.74, 6) is 0.975. The Kier molecular flexibility index (Phi) is 6.44. The van der Waals surface area contributed by atoms with Gasteiger partial charge in [-0.15, -0.1) is 0 Å².